The van der Waals surface area contributed by atoms with Gasteiger partial charge in [0, 0.05) is 5.92 Å². The van der Waals surface area contributed by atoms with Crippen LogP contribution in [-0.4, -0.2) is 35.4 Å². The zero-order valence-corrected chi connectivity index (χ0v) is 8.90. The number of aliphatic hydroxyl groups is 1. The molecule has 0 aliphatic heterocycles. The number of likely N-dealkylation sites (N-methyl/N-ethyl adjacent to an activating group) is 1. The number of hydrogen-bond acceptors (Lipinski definition) is 3. The van der Waals surface area contributed by atoms with Crippen molar-refractivity contribution in [2.45, 2.75) is 32.4 Å². The van der Waals surface area contributed by atoms with E-state index in [1.54, 1.807) is 6.92 Å². The van der Waals surface area contributed by atoms with Crippen molar-refractivity contribution in [1.82, 2.24) is 5.32 Å². The third-order valence-corrected chi connectivity index (χ3v) is 2.13. The van der Waals surface area contributed by atoms with E-state index in [9.17, 15) is 9.90 Å². The monoisotopic (exact) mass is 201 g/mol. The van der Waals surface area contributed by atoms with Crippen LogP contribution in [-0.2, 0) is 4.79 Å². The van der Waals surface area contributed by atoms with E-state index in [1.165, 1.54) is 7.05 Å². The largest absolute Gasteiger partial charge is 0.480 e. The fourth-order valence-corrected chi connectivity index (χ4v) is 1.21. The minimum atomic E-state index is -1.03. The van der Waals surface area contributed by atoms with E-state index < -0.39 is 18.1 Å². The van der Waals surface area contributed by atoms with E-state index in [-0.39, 0.29) is 5.92 Å². The highest BCUT2D eigenvalue weighted by atomic mass is 16.4. The van der Waals surface area contributed by atoms with Gasteiger partial charge in [-0.3, -0.25) is 4.79 Å². The molecule has 0 amide bonds. The molecular weight excluding hydrogens is 182 g/mol. The predicted octanol–water partition coefficient (Wildman–Crippen LogP) is 0.622. The van der Waals surface area contributed by atoms with Crippen LogP contribution < -0.4 is 5.32 Å². The molecule has 0 rings (SSSR count). The van der Waals surface area contributed by atoms with Gasteiger partial charge in [-0.05, 0) is 13.5 Å². The van der Waals surface area contributed by atoms with Crippen LogP contribution in [0.5, 0.6) is 0 Å². The number of allylic oxidation sites excluding steroid dienone is 1. The first kappa shape index (κ1) is 13.1. The molecular formula is C10H19NO3. The number of aliphatic hydroxyl groups excluding tert-OH is 1. The van der Waals surface area contributed by atoms with Crippen molar-refractivity contribution in [1.29, 1.82) is 0 Å². The summed E-state index contributed by atoms with van der Waals surface area (Å²) in [6.07, 6.45) is 3.73. The summed E-state index contributed by atoms with van der Waals surface area (Å²) in [5, 5.41) is 21.0. The van der Waals surface area contributed by atoms with Crippen LogP contribution in [0, 0.1) is 5.92 Å². The van der Waals surface area contributed by atoms with Crippen molar-refractivity contribution in [2.24, 2.45) is 5.92 Å². The Hall–Kier alpha value is -0.870. The molecule has 2 unspecified atom stereocenters. The fraction of sp³-hybridized carbons (Fsp3) is 0.700. The minimum Gasteiger partial charge on any atom is -0.480 e. The number of carboxylic acid groups (broad SMARTS) is 1. The van der Waals surface area contributed by atoms with Gasteiger partial charge in [0.25, 0.3) is 0 Å². The Labute approximate surface area is 84.6 Å². The second-order valence-corrected chi connectivity index (χ2v) is 3.29. The van der Waals surface area contributed by atoms with Crippen LogP contribution in [0.1, 0.15) is 20.3 Å². The van der Waals surface area contributed by atoms with Gasteiger partial charge in [0.15, 0.2) is 0 Å². The fourth-order valence-electron chi connectivity index (χ4n) is 1.21. The van der Waals surface area contributed by atoms with E-state index in [1.807, 2.05) is 19.1 Å². The van der Waals surface area contributed by atoms with Crippen molar-refractivity contribution in [2.75, 3.05) is 7.05 Å². The molecule has 0 aromatic heterocycles. The second-order valence-electron chi connectivity index (χ2n) is 3.29. The van der Waals surface area contributed by atoms with Crippen molar-refractivity contribution in [3.8, 4) is 0 Å². The first-order valence-corrected chi connectivity index (χ1v) is 4.79. The van der Waals surface area contributed by atoms with Crippen molar-refractivity contribution < 1.29 is 15.0 Å². The van der Waals surface area contributed by atoms with E-state index in [0.717, 1.165) is 6.42 Å². The molecule has 0 saturated carbocycles. The van der Waals surface area contributed by atoms with Crippen LogP contribution in [0.3, 0.4) is 0 Å². The Kier molecular flexibility index (Phi) is 6.16. The average molecular weight is 201 g/mol. The Morgan fingerprint density at radius 2 is 2.14 bits per heavy atom. The van der Waals surface area contributed by atoms with Gasteiger partial charge >= 0.3 is 5.97 Å². The van der Waals surface area contributed by atoms with Crippen molar-refractivity contribution in [3.05, 3.63) is 12.2 Å². The number of carbonyl (C=O) groups is 1. The summed E-state index contributed by atoms with van der Waals surface area (Å²) in [4.78, 5) is 10.7. The zero-order valence-electron chi connectivity index (χ0n) is 8.90. The van der Waals surface area contributed by atoms with Crippen LogP contribution in [0.4, 0.5) is 0 Å². The molecule has 0 aliphatic carbocycles. The summed E-state index contributed by atoms with van der Waals surface area (Å²) in [6.45, 7) is 3.78. The van der Waals surface area contributed by atoms with Crippen molar-refractivity contribution in [3.63, 3.8) is 0 Å². The topological polar surface area (TPSA) is 69.6 Å². The SMILES string of the molecule is CC/C=C/C(C)C(O)[C@H](NC)C(=O)O. The maximum Gasteiger partial charge on any atom is 0.323 e. The minimum absolute atomic E-state index is 0.163. The molecule has 4 nitrogen and oxygen atoms in total. The lowest BCUT2D eigenvalue weighted by Crippen LogP contribution is -2.46. The van der Waals surface area contributed by atoms with Gasteiger partial charge in [-0.2, -0.15) is 0 Å². The molecule has 0 heterocycles. The molecule has 0 fully saturated rings. The lowest BCUT2D eigenvalue weighted by Gasteiger charge is -2.22. The quantitative estimate of drug-likeness (QED) is 0.551. The highest BCUT2D eigenvalue weighted by Gasteiger charge is 2.27. The summed E-state index contributed by atoms with van der Waals surface area (Å²) in [6, 6.07) is -0.911. The number of rotatable bonds is 6. The number of aliphatic carboxylic acids is 1. The van der Waals surface area contributed by atoms with E-state index in [0.29, 0.717) is 0 Å². The van der Waals surface area contributed by atoms with Gasteiger partial charge in [0.2, 0.25) is 0 Å². The number of nitrogens with one attached hydrogen (secondary N) is 1. The maximum absolute atomic E-state index is 10.7. The highest BCUT2D eigenvalue weighted by Crippen LogP contribution is 2.09. The van der Waals surface area contributed by atoms with E-state index >= 15 is 0 Å². The lowest BCUT2D eigenvalue weighted by atomic mass is 9.97. The number of hydrogen-bond donors (Lipinski definition) is 3. The first-order valence-electron chi connectivity index (χ1n) is 4.79. The Bertz CT molecular complexity index is 204. The van der Waals surface area contributed by atoms with Crippen LogP contribution in [0.2, 0.25) is 0 Å². The molecule has 0 bridgehead atoms. The third-order valence-electron chi connectivity index (χ3n) is 2.13. The summed E-state index contributed by atoms with van der Waals surface area (Å²) in [5.41, 5.74) is 0. The molecule has 0 aromatic carbocycles. The van der Waals surface area contributed by atoms with Crippen LogP contribution in [0.25, 0.3) is 0 Å². The molecule has 82 valence electrons. The molecule has 3 atom stereocenters. The average Bonchev–Trinajstić information content (AvgIpc) is 2.14. The predicted molar refractivity (Wildman–Crippen MR) is 55.1 cm³/mol. The molecule has 0 radical (unpaired) electrons. The summed E-state index contributed by atoms with van der Waals surface area (Å²) in [5.74, 6) is -1.19. The molecule has 4 heteroatoms. The van der Waals surface area contributed by atoms with E-state index in [2.05, 4.69) is 5.32 Å². The number of carboxylic acids is 1. The summed E-state index contributed by atoms with van der Waals surface area (Å²) < 4.78 is 0. The molecule has 0 aliphatic rings. The standard InChI is InChI=1S/C10H19NO3/c1-4-5-6-7(2)9(12)8(11-3)10(13)14/h5-9,11-12H,4H2,1-3H3,(H,13,14)/b6-5+/t7?,8-,9?/m0/s1. The Balaban J connectivity index is 4.33. The van der Waals surface area contributed by atoms with Gasteiger partial charge in [-0.1, -0.05) is 26.0 Å². The molecule has 0 spiro atoms. The summed E-state index contributed by atoms with van der Waals surface area (Å²) in [7, 11) is 1.53. The van der Waals surface area contributed by atoms with Gasteiger partial charge in [-0.15, -0.1) is 0 Å². The zero-order chi connectivity index (χ0) is 11.1. The Morgan fingerprint density at radius 1 is 1.57 bits per heavy atom. The van der Waals surface area contributed by atoms with E-state index in [4.69, 9.17) is 5.11 Å². The van der Waals surface area contributed by atoms with Gasteiger partial charge < -0.3 is 15.5 Å². The van der Waals surface area contributed by atoms with Gasteiger partial charge in [-0.25, -0.2) is 0 Å². The molecule has 0 saturated heterocycles. The van der Waals surface area contributed by atoms with Gasteiger partial charge in [0.1, 0.15) is 6.04 Å². The first-order chi connectivity index (χ1) is 6.54. The highest BCUT2D eigenvalue weighted by molar-refractivity contribution is 5.74. The summed E-state index contributed by atoms with van der Waals surface area (Å²) >= 11 is 0. The maximum atomic E-state index is 10.7. The third kappa shape index (κ3) is 3.89. The molecule has 3 N–H and O–H groups in total. The molecule has 0 aromatic rings. The second kappa shape index (κ2) is 6.56. The van der Waals surface area contributed by atoms with Crippen molar-refractivity contribution >= 4 is 5.97 Å². The normalized spacial score (nSPS) is 18.0. The lowest BCUT2D eigenvalue weighted by molar-refractivity contribution is -0.142. The van der Waals surface area contributed by atoms with Gasteiger partial charge in [0.05, 0.1) is 6.10 Å². The smallest absolute Gasteiger partial charge is 0.323 e. The Morgan fingerprint density at radius 3 is 2.50 bits per heavy atom. The van der Waals surface area contributed by atoms with Crippen LogP contribution >= 0.6 is 0 Å². The molecule has 14 heavy (non-hydrogen) atoms. The van der Waals surface area contributed by atoms with Crippen LogP contribution in [0.15, 0.2) is 12.2 Å².